The molecule has 1 aromatic heterocycles. The summed E-state index contributed by atoms with van der Waals surface area (Å²) >= 11 is 1.26. The number of hydrogen-bond donors (Lipinski definition) is 3. The van der Waals surface area contributed by atoms with Crippen molar-refractivity contribution in [3.05, 3.63) is 41.2 Å². The molecule has 0 unspecified atom stereocenters. The Morgan fingerprint density at radius 1 is 1.20 bits per heavy atom. The van der Waals surface area contributed by atoms with Gasteiger partial charge in [-0.3, -0.25) is 9.59 Å². The lowest BCUT2D eigenvalue weighted by Crippen LogP contribution is -2.32. The van der Waals surface area contributed by atoms with E-state index in [1.54, 1.807) is 24.6 Å². The molecule has 0 saturated heterocycles. The lowest BCUT2D eigenvalue weighted by atomic mass is 10.3. The Morgan fingerprint density at radius 2 is 1.96 bits per heavy atom. The summed E-state index contributed by atoms with van der Waals surface area (Å²) in [5, 5.41) is 10.4. The molecule has 0 fully saturated rings. The van der Waals surface area contributed by atoms with Crippen molar-refractivity contribution in [1.29, 1.82) is 0 Å². The summed E-state index contributed by atoms with van der Waals surface area (Å²) in [7, 11) is 1.55. The zero-order chi connectivity index (χ0) is 18.1. The van der Waals surface area contributed by atoms with Crippen LogP contribution in [0.4, 0.5) is 15.2 Å². The Kier molecular flexibility index (Phi) is 7.30. The van der Waals surface area contributed by atoms with E-state index in [4.69, 9.17) is 4.74 Å². The highest BCUT2D eigenvalue weighted by Crippen LogP contribution is 2.21. The maximum Gasteiger partial charge on any atom is 0.270 e. The molecule has 2 aromatic rings. The molecule has 0 bridgehead atoms. The monoisotopic (exact) mass is 366 g/mol. The predicted octanol–water partition coefficient (Wildman–Crippen LogP) is 1.91. The molecule has 134 valence electrons. The van der Waals surface area contributed by atoms with Gasteiger partial charge in [0.1, 0.15) is 11.5 Å². The number of hydrogen-bond acceptors (Lipinski definition) is 6. The molecule has 7 nitrogen and oxygen atoms in total. The number of aromatic nitrogens is 1. The van der Waals surface area contributed by atoms with E-state index in [0.29, 0.717) is 24.0 Å². The van der Waals surface area contributed by atoms with E-state index in [2.05, 4.69) is 20.9 Å². The minimum atomic E-state index is -0.354. The van der Waals surface area contributed by atoms with Crippen LogP contribution in [0.5, 0.6) is 0 Å². The van der Waals surface area contributed by atoms with Gasteiger partial charge in [0.2, 0.25) is 5.91 Å². The molecule has 2 rings (SSSR count). The highest BCUT2D eigenvalue weighted by molar-refractivity contribution is 7.14. The number of amides is 2. The lowest BCUT2D eigenvalue weighted by Gasteiger charge is -2.05. The molecule has 2 amide bonds. The van der Waals surface area contributed by atoms with Crippen LogP contribution >= 0.6 is 11.3 Å². The second-order valence-corrected chi connectivity index (χ2v) is 5.88. The van der Waals surface area contributed by atoms with E-state index in [1.165, 1.54) is 23.5 Å². The first kappa shape index (κ1) is 18.8. The quantitative estimate of drug-likeness (QED) is 0.590. The zero-order valence-corrected chi connectivity index (χ0v) is 14.5. The lowest BCUT2D eigenvalue weighted by molar-refractivity contribution is -0.121. The number of benzene rings is 1. The van der Waals surface area contributed by atoms with Crippen molar-refractivity contribution in [1.82, 2.24) is 15.6 Å². The molecular formula is C16H19FN4O3S. The summed E-state index contributed by atoms with van der Waals surface area (Å²) in [6.45, 7) is 1.10. The summed E-state index contributed by atoms with van der Waals surface area (Å²) in [6, 6.07) is 5.83. The van der Waals surface area contributed by atoms with Gasteiger partial charge in [0.05, 0.1) is 6.61 Å². The summed E-state index contributed by atoms with van der Waals surface area (Å²) in [5.74, 6) is -0.835. The summed E-state index contributed by atoms with van der Waals surface area (Å²) in [5.41, 5.74) is 0.935. The Balaban J connectivity index is 1.76. The number of halogens is 1. The minimum Gasteiger partial charge on any atom is -0.383 e. The second-order valence-electron chi connectivity index (χ2n) is 5.02. The van der Waals surface area contributed by atoms with Crippen LogP contribution in [-0.4, -0.2) is 43.6 Å². The van der Waals surface area contributed by atoms with Gasteiger partial charge < -0.3 is 20.7 Å². The van der Waals surface area contributed by atoms with Crippen LogP contribution in [0.2, 0.25) is 0 Å². The maximum absolute atomic E-state index is 12.9. The van der Waals surface area contributed by atoms with Crippen molar-refractivity contribution in [2.24, 2.45) is 0 Å². The van der Waals surface area contributed by atoms with Crippen molar-refractivity contribution in [3.63, 3.8) is 0 Å². The first-order chi connectivity index (χ1) is 12.1. The molecule has 1 heterocycles. The third-order valence-electron chi connectivity index (χ3n) is 3.10. The van der Waals surface area contributed by atoms with Gasteiger partial charge in [0.15, 0.2) is 5.13 Å². The highest BCUT2D eigenvalue weighted by atomic mass is 32.1. The number of anilines is 2. The maximum atomic E-state index is 12.9. The van der Waals surface area contributed by atoms with Gasteiger partial charge in [0.25, 0.3) is 5.91 Å². The SMILES string of the molecule is COCCNC(=O)CCNC(=O)c1csc(Nc2ccc(F)cc2)n1. The van der Waals surface area contributed by atoms with Crippen molar-refractivity contribution >= 4 is 34.0 Å². The van der Waals surface area contributed by atoms with Crippen molar-refractivity contribution in [3.8, 4) is 0 Å². The van der Waals surface area contributed by atoms with Gasteiger partial charge >= 0.3 is 0 Å². The fraction of sp³-hybridized carbons (Fsp3) is 0.312. The van der Waals surface area contributed by atoms with Gasteiger partial charge in [-0.25, -0.2) is 9.37 Å². The molecule has 3 N–H and O–H groups in total. The van der Waals surface area contributed by atoms with E-state index < -0.39 is 0 Å². The van der Waals surface area contributed by atoms with Crippen LogP contribution in [0.15, 0.2) is 29.6 Å². The molecule has 0 atom stereocenters. The van der Waals surface area contributed by atoms with E-state index in [-0.39, 0.29) is 36.3 Å². The van der Waals surface area contributed by atoms with Crippen LogP contribution in [-0.2, 0) is 9.53 Å². The Labute approximate surface area is 148 Å². The number of methoxy groups -OCH3 is 1. The molecule has 0 aliphatic carbocycles. The van der Waals surface area contributed by atoms with Crippen LogP contribution in [0.3, 0.4) is 0 Å². The predicted molar refractivity (Wildman–Crippen MR) is 93.6 cm³/mol. The number of rotatable bonds is 9. The first-order valence-corrected chi connectivity index (χ1v) is 8.48. The topological polar surface area (TPSA) is 92.4 Å². The van der Waals surface area contributed by atoms with Crippen molar-refractivity contribution in [2.45, 2.75) is 6.42 Å². The zero-order valence-electron chi connectivity index (χ0n) is 13.7. The van der Waals surface area contributed by atoms with Gasteiger partial charge in [0, 0.05) is 37.7 Å². The van der Waals surface area contributed by atoms with Gasteiger partial charge in [-0.2, -0.15) is 0 Å². The summed E-state index contributed by atoms with van der Waals surface area (Å²) in [6.07, 6.45) is 0.181. The fourth-order valence-electron chi connectivity index (χ4n) is 1.85. The number of nitrogens with one attached hydrogen (secondary N) is 3. The van der Waals surface area contributed by atoms with E-state index in [1.807, 2.05) is 0 Å². The van der Waals surface area contributed by atoms with E-state index >= 15 is 0 Å². The van der Waals surface area contributed by atoms with E-state index in [9.17, 15) is 14.0 Å². The first-order valence-electron chi connectivity index (χ1n) is 7.60. The van der Waals surface area contributed by atoms with Crippen LogP contribution in [0, 0.1) is 5.82 Å². The number of ether oxygens (including phenoxy) is 1. The van der Waals surface area contributed by atoms with Crippen molar-refractivity contribution < 1.29 is 18.7 Å². The molecule has 1 aromatic carbocycles. The Hall–Kier alpha value is -2.52. The molecule has 9 heteroatoms. The van der Waals surface area contributed by atoms with E-state index in [0.717, 1.165) is 0 Å². The fourth-order valence-corrected chi connectivity index (χ4v) is 2.56. The molecule has 0 saturated carbocycles. The minimum absolute atomic E-state index is 0.158. The largest absolute Gasteiger partial charge is 0.383 e. The smallest absolute Gasteiger partial charge is 0.270 e. The molecular weight excluding hydrogens is 347 g/mol. The van der Waals surface area contributed by atoms with Gasteiger partial charge in [-0.05, 0) is 24.3 Å². The van der Waals surface area contributed by atoms with Gasteiger partial charge in [-0.1, -0.05) is 0 Å². The Morgan fingerprint density at radius 3 is 2.68 bits per heavy atom. The number of carbonyl (C=O) groups is 2. The normalized spacial score (nSPS) is 10.3. The molecule has 0 spiro atoms. The number of carbonyl (C=O) groups excluding carboxylic acids is 2. The Bertz CT molecular complexity index is 706. The average molecular weight is 366 g/mol. The molecule has 0 radical (unpaired) electrons. The second kappa shape index (κ2) is 9.70. The summed E-state index contributed by atoms with van der Waals surface area (Å²) in [4.78, 5) is 27.7. The van der Waals surface area contributed by atoms with Crippen LogP contribution in [0.1, 0.15) is 16.9 Å². The third kappa shape index (κ3) is 6.48. The van der Waals surface area contributed by atoms with Gasteiger partial charge in [-0.15, -0.1) is 11.3 Å². The molecule has 0 aliphatic rings. The van der Waals surface area contributed by atoms with Crippen molar-refractivity contribution in [2.75, 3.05) is 32.1 Å². The third-order valence-corrected chi connectivity index (χ3v) is 3.86. The number of nitrogens with zero attached hydrogens (tertiary/aromatic N) is 1. The standard InChI is InChI=1S/C16H19FN4O3S/c1-24-9-8-18-14(22)6-7-19-15(23)13-10-25-16(21-13)20-12-4-2-11(17)3-5-12/h2-5,10H,6-9H2,1H3,(H,18,22)(H,19,23)(H,20,21). The molecule has 0 aliphatic heterocycles. The van der Waals surface area contributed by atoms with Crippen LogP contribution in [0.25, 0.3) is 0 Å². The highest BCUT2D eigenvalue weighted by Gasteiger charge is 2.11. The molecule has 25 heavy (non-hydrogen) atoms. The average Bonchev–Trinajstić information content (AvgIpc) is 3.06. The van der Waals surface area contributed by atoms with Crippen LogP contribution < -0.4 is 16.0 Å². The number of thiazole rings is 1. The summed E-state index contributed by atoms with van der Waals surface area (Å²) < 4.78 is 17.7.